The Morgan fingerprint density at radius 2 is 1.89 bits per heavy atom. The van der Waals surface area contributed by atoms with Gasteiger partial charge in [0.1, 0.15) is 5.82 Å². The number of halogens is 1. The lowest BCUT2D eigenvalue weighted by Gasteiger charge is -2.08. The molecule has 3 N–H and O–H groups in total. The summed E-state index contributed by atoms with van der Waals surface area (Å²) in [6, 6.07) is 11.2. The van der Waals surface area contributed by atoms with Gasteiger partial charge in [-0.05, 0) is 48.4 Å². The topological polar surface area (TPSA) is 55.1 Å². The van der Waals surface area contributed by atoms with Gasteiger partial charge in [0, 0.05) is 17.8 Å². The van der Waals surface area contributed by atoms with E-state index in [0.29, 0.717) is 17.8 Å². The standard InChI is InChI=1S/C15H15FN2O/c1-10-8-13(17)6-7-14(10)15(19)18-9-11-2-4-12(16)5-3-11/h2-8H,9,17H2,1H3,(H,18,19). The van der Waals surface area contributed by atoms with Gasteiger partial charge in [-0.2, -0.15) is 0 Å². The van der Waals surface area contributed by atoms with E-state index < -0.39 is 0 Å². The highest BCUT2D eigenvalue weighted by Gasteiger charge is 2.08. The van der Waals surface area contributed by atoms with Crippen LogP contribution in [0.4, 0.5) is 10.1 Å². The Balaban J connectivity index is 2.03. The van der Waals surface area contributed by atoms with Crippen molar-refractivity contribution in [2.75, 3.05) is 5.73 Å². The molecule has 0 aliphatic rings. The normalized spacial score (nSPS) is 10.2. The van der Waals surface area contributed by atoms with Crippen molar-refractivity contribution in [1.29, 1.82) is 0 Å². The number of carbonyl (C=O) groups excluding carboxylic acids is 1. The Bertz CT molecular complexity index is 594. The zero-order valence-corrected chi connectivity index (χ0v) is 10.6. The number of nitrogen functional groups attached to an aromatic ring is 1. The number of aryl methyl sites for hydroxylation is 1. The van der Waals surface area contributed by atoms with Gasteiger partial charge in [-0.1, -0.05) is 12.1 Å². The van der Waals surface area contributed by atoms with Crippen LogP contribution < -0.4 is 11.1 Å². The van der Waals surface area contributed by atoms with Crippen molar-refractivity contribution >= 4 is 11.6 Å². The van der Waals surface area contributed by atoms with Crippen molar-refractivity contribution in [3.63, 3.8) is 0 Å². The fraction of sp³-hybridized carbons (Fsp3) is 0.133. The molecule has 0 heterocycles. The molecule has 2 aromatic carbocycles. The third-order valence-corrected chi connectivity index (χ3v) is 2.86. The average Bonchev–Trinajstić information content (AvgIpc) is 2.37. The smallest absolute Gasteiger partial charge is 0.251 e. The molecule has 19 heavy (non-hydrogen) atoms. The molecule has 0 aliphatic carbocycles. The molecule has 0 saturated heterocycles. The van der Waals surface area contributed by atoms with Crippen LogP contribution >= 0.6 is 0 Å². The van der Waals surface area contributed by atoms with Gasteiger partial charge in [-0.25, -0.2) is 4.39 Å². The van der Waals surface area contributed by atoms with Gasteiger partial charge in [0.2, 0.25) is 0 Å². The molecule has 4 heteroatoms. The maximum Gasteiger partial charge on any atom is 0.251 e. The summed E-state index contributed by atoms with van der Waals surface area (Å²) in [6.45, 7) is 2.20. The number of benzene rings is 2. The number of amides is 1. The summed E-state index contributed by atoms with van der Waals surface area (Å²) in [4.78, 5) is 12.0. The summed E-state index contributed by atoms with van der Waals surface area (Å²) in [5.41, 5.74) is 8.55. The number of hydrogen-bond acceptors (Lipinski definition) is 2. The molecule has 0 bridgehead atoms. The molecule has 0 spiro atoms. The number of hydrogen-bond donors (Lipinski definition) is 2. The highest BCUT2D eigenvalue weighted by Crippen LogP contribution is 2.12. The first-order valence-electron chi connectivity index (χ1n) is 5.95. The van der Waals surface area contributed by atoms with Crippen molar-refractivity contribution in [3.8, 4) is 0 Å². The molecule has 0 aliphatic heterocycles. The Morgan fingerprint density at radius 3 is 2.53 bits per heavy atom. The van der Waals surface area contributed by atoms with E-state index in [9.17, 15) is 9.18 Å². The lowest BCUT2D eigenvalue weighted by Crippen LogP contribution is -2.23. The van der Waals surface area contributed by atoms with Crippen LogP contribution in [0.5, 0.6) is 0 Å². The highest BCUT2D eigenvalue weighted by atomic mass is 19.1. The first-order chi connectivity index (χ1) is 9.06. The van der Waals surface area contributed by atoms with Gasteiger partial charge in [0.25, 0.3) is 5.91 Å². The van der Waals surface area contributed by atoms with Crippen LogP contribution in [0.3, 0.4) is 0 Å². The van der Waals surface area contributed by atoms with Crippen molar-refractivity contribution in [2.24, 2.45) is 0 Å². The molecule has 0 radical (unpaired) electrons. The van der Waals surface area contributed by atoms with E-state index in [0.717, 1.165) is 11.1 Å². The SMILES string of the molecule is Cc1cc(N)ccc1C(=O)NCc1ccc(F)cc1. The summed E-state index contributed by atoms with van der Waals surface area (Å²) in [6.07, 6.45) is 0. The molecule has 0 unspecified atom stereocenters. The van der Waals surface area contributed by atoms with Gasteiger partial charge in [0.15, 0.2) is 0 Å². The molecule has 1 amide bonds. The van der Waals surface area contributed by atoms with Crippen molar-refractivity contribution in [3.05, 3.63) is 65.0 Å². The fourth-order valence-electron chi connectivity index (χ4n) is 1.82. The van der Waals surface area contributed by atoms with Crippen LogP contribution in [-0.4, -0.2) is 5.91 Å². The Morgan fingerprint density at radius 1 is 1.21 bits per heavy atom. The maximum absolute atomic E-state index is 12.7. The van der Waals surface area contributed by atoms with E-state index in [1.54, 1.807) is 30.3 Å². The third-order valence-electron chi connectivity index (χ3n) is 2.86. The zero-order chi connectivity index (χ0) is 13.8. The average molecular weight is 258 g/mol. The summed E-state index contributed by atoms with van der Waals surface area (Å²) >= 11 is 0. The molecule has 0 fully saturated rings. The second-order valence-electron chi connectivity index (χ2n) is 4.38. The molecule has 98 valence electrons. The van der Waals surface area contributed by atoms with E-state index in [1.807, 2.05) is 6.92 Å². The minimum atomic E-state index is -0.288. The minimum Gasteiger partial charge on any atom is -0.399 e. The molecule has 2 rings (SSSR count). The van der Waals surface area contributed by atoms with Gasteiger partial charge < -0.3 is 11.1 Å². The number of nitrogens with two attached hydrogens (primary N) is 1. The Labute approximate surface area is 111 Å². The van der Waals surface area contributed by atoms with Crippen LogP contribution in [0.15, 0.2) is 42.5 Å². The molecule has 0 aromatic heterocycles. The van der Waals surface area contributed by atoms with Gasteiger partial charge in [0.05, 0.1) is 0 Å². The molecular formula is C15H15FN2O. The zero-order valence-electron chi connectivity index (χ0n) is 10.6. The molecule has 0 atom stereocenters. The predicted octanol–water partition coefficient (Wildman–Crippen LogP) is 2.65. The number of nitrogens with one attached hydrogen (secondary N) is 1. The Kier molecular flexibility index (Phi) is 3.80. The minimum absolute atomic E-state index is 0.165. The monoisotopic (exact) mass is 258 g/mol. The van der Waals surface area contributed by atoms with Crippen molar-refractivity contribution < 1.29 is 9.18 Å². The third kappa shape index (κ3) is 3.31. The van der Waals surface area contributed by atoms with Crippen LogP contribution in [0, 0.1) is 12.7 Å². The van der Waals surface area contributed by atoms with E-state index in [-0.39, 0.29) is 11.7 Å². The summed E-state index contributed by atoms with van der Waals surface area (Å²) in [7, 11) is 0. The van der Waals surface area contributed by atoms with E-state index in [1.165, 1.54) is 12.1 Å². The summed E-state index contributed by atoms with van der Waals surface area (Å²) in [5, 5.41) is 2.79. The van der Waals surface area contributed by atoms with Crippen LogP contribution in [0.2, 0.25) is 0 Å². The quantitative estimate of drug-likeness (QED) is 0.831. The number of rotatable bonds is 3. The lowest BCUT2D eigenvalue weighted by molar-refractivity contribution is 0.0950. The largest absolute Gasteiger partial charge is 0.399 e. The van der Waals surface area contributed by atoms with E-state index in [2.05, 4.69) is 5.32 Å². The lowest BCUT2D eigenvalue weighted by atomic mass is 10.1. The number of carbonyl (C=O) groups is 1. The Hall–Kier alpha value is -2.36. The van der Waals surface area contributed by atoms with Crippen LogP contribution in [0.1, 0.15) is 21.5 Å². The van der Waals surface area contributed by atoms with E-state index >= 15 is 0 Å². The highest BCUT2D eigenvalue weighted by molar-refractivity contribution is 5.95. The summed E-state index contributed by atoms with van der Waals surface area (Å²) in [5.74, 6) is -0.453. The van der Waals surface area contributed by atoms with Crippen molar-refractivity contribution in [1.82, 2.24) is 5.32 Å². The first kappa shape index (κ1) is 13.1. The molecular weight excluding hydrogens is 243 g/mol. The first-order valence-corrected chi connectivity index (χ1v) is 5.95. The predicted molar refractivity (Wildman–Crippen MR) is 73.2 cm³/mol. The second-order valence-corrected chi connectivity index (χ2v) is 4.38. The van der Waals surface area contributed by atoms with Crippen molar-refractivity contribution in [2.45, 2.75) is 13.5 Å². The second kappa shape index (κ2) is 5.52. The molecule has 2 aromatic rings. The van der Waals surface area contributed by atoms with Gasteiger partial charge >= 0.3 is 0 Å². The van der Waals surface area contributed by atoms with Gasteiger partial charge in [-0.15, -0.1) is 0 Å². The molecule has 0 saturated carbocycles. The van der Waals surface area contributed by atoms with Gasteiger partial charge in [-0.3, -0.25) is 4.79 Å². The van der Waals surface area contributed by atoms with E-state index in [4.69, 9.17) is 5.73 Å². The fourth-order valence-corrected chi connectivity index (χ4v) is 1.82. The van der Waals surface area contributed by atoms with Crippen LogP contribution in [-0.2, 0) is 6.54 Å². The maximum atomic E-state index is 12.7. The summed E-state index contributed by atoms with van der Waals surface area (Å²) < 4.78 is 12.7. The number of anilines is 1. The van der Waals surface area contributed by atoms with Crippen LogP contribution in [0.25, 0.3) is 0 Å². The molecule has 3 nitrogen and oxygen atoms in total.